The third-order valence-electron chi connectivity index (χ3n) is 8.11. The zero-order valence-corrected chi connectivity index (χ0v) is 35.0. The lowest BCUT2D eigenvalue weighted by molar-refractivity contribution is -0.138. The number of nitrogens with zero attached hydrogens (tertiary/aromatic N) is 6. The van der Waals surface area contributed by atoms with Crippen molar-refractivity contribution < 1.29 is 54.2 Å². The highest BCUT2D eigenvalue weighted by molar-refractivity contribution is 7.14. The van der Waals surface area contributed by atoms with Crippen molar-refractivity contribution >= 4 is 67.9 Å². The minimum Gasteiger partial charge on any atom is -0.443 e. The number of ether oxygens (including phenoxy) is 2. The molecule has 6 aromatic rings. The van der Waals surface area contributed by atoms with Gasteiger partial charge in [-0.1, -0.05) is 12.1 Å². The number of carbonyl (C=O) groups is 2. The van der Waals surface area contributed by atoms with Crippen molar-refractivity contribution in [1.29, 1.82) is 0 Å². The topological polar surface area (TPSA) is 110 Å². The highest BCUT2D eigenvalue weighted by Crippen LogP contribution is 2.40. The maximum Gasteiger partial charge on any atom is 0.421 e. The Bertz CT molecular complexity index is 2470. The number of amides is 2. The summed E-state index contributed by atoms with van der Waals surface area (Å²) in [5.74, 6) is -1.50. The van der Waals surface area contributed by atoms with Gasteiger partial charge in [-0.3, -0.25) is 0 Å². The van der Waals surface area contributed by atoms with E-state index in [9.17, 15) is 35.9 Å². The Kier molecular flexibility index (Phi) is 12.6. The molecule has 0 saturated carbocycles. The maximum absolute atomic E-state index is 15.3. The van der Waals surface area contributed by atoms with Gasteiger partial charge < -0.3 is 9.47 Å². The summed E-state index contributed by atoms with van der Waals surface area (Å²) in [4.78, 5) is 37.2. The number of hydrogen-bond donors (Lipinski definition) is 0. The van der Waals surface area contributed by atoms with Crippen molar-refractivity contribution in [3.63, 3.8) is 0 Å². The summed E-state index contributed by atoms with van der Waals surface area (Å²) in [6.45, 7) is 9.47. The second-order valence-electron chi connectivity index (χ2n) is 15.3. The van der Waals surface area contributed by atoms with Gasteiger partial charge in [0, 0.05) is 21.9 Å². The van der Waals surface area contributed by atoms with Crippen molar-refractivity contribution in [2.45, 2.75) is 65.1 Å². The molecule has 0 aliphatic carbocycles. The number of alkyl halides is 6. The molecule has 0 N–H and O–H groups in total. The fraction of sp³-hybridized carbons (Fsp3) is 0.238. The molecule has 0 atom stereocenters. The van der Waals surface area contributed by atoms with E-state index in [1.54, 1.807) is 41.5 Å². The summed E-state index contributed by atoms with van der Waals surface area (Å²) in [5, 5.41) is 10.9. The van der Waals surface area contributed by atoms with Crippen LogP contribution in [0.5, 0.6) is 0 Å². The van der Waals surface area contributed by atoms with E-state index in [1.807, 2.05) is 0 Å². The summed E-state index contributed by atoms with van der Waals surface area (Å²) in [7, 11) is 0. The van der Waals surface area contributed by atoms with Crippen LogP contribution in [0.1, 0.15) is 52.7 Å². The van der Waals surface area contributed by atoms with Gasteiger partial charge in [0.25, 0.3) is 0 Å². The van der Waals surface area contributed by atoms with E-state index in [0.29, 0.717) is 0 Å². The smallest absolute Gasteiger partial charge is 0.421 e. The van der Waals surface area contributed by atoms with Crippen molar-refractivity contribution in [3.8, 4) is 22.5 Å². The first-order valence-corrected chi connectivity index (χ1v) is 20.0. The van der Waals surface area contributed by atoms with Gasteiger partial charge in [-0.25, -0.2) is 38.1 Å². The standard InChI is InChI=1S/C42H34F8N6O4S2/c1-39(2,3)59-37(57)55(27-11-7-9-23(17-27)41(45,46)47)35-51-33(21-61-35)29-19-25(13-15-31(29)43)53-54-26-14-16-32(44)30(20-26)34-22-62-36(52-34)56(38(58)60-40(4,5)6)28-12-8-10-24(18-28)42(48,49)50/h7-22H,1-6H3/b54-53+. The molecule has 6 rings (SSSR count). The number of hydrogen-bond acceptors (Lipinski definition) is 10. The van der Waals surface area contributed by atoms with Crippen LogP contribution < -0.4 is 9.80 Å². The Morgan fingerprint density at radius 2 is 0.935 bits per heavy atom. The van der Waals surface area contributed by atoms with Gasteiger partial charge in [0.05, 0.1) is 45.3 Å². The first-order chi connectivity index (χ1) is 28.9. The van der Waals surface area contributed by atoms with Crippen LogP contribution in [-0.4, -0.2) is 33.4 Å². The second-order valence-corrected chi connectivity index (χ2v) is 17.0. The fourth-order valence-corrected chi connectivity index (χ4v) is 7.15. The van der Waals surface area contributed by atoms with E-state index < -0.39 is 58.5 Å². The molecule has 2 heterocycles. The summed E-state index contributed by atoms with van der Waals surface area (Å²) in [6.07, 6.45) is -11.5. The lowest BCUT2D eigenvalue weighted by Gasteiger charge is -2.26. The average molecular weight is 903 g/mol. The van der Waals surface area contributed by atoms with Gasteiger partial charge >= 0.3 is 24.5 Å². The molecule has 0 radical (unpaired) electrons. The molecular weight excluding hydrogens is 869 g/mol. The van der Waals surface area contributed by atoms with Gasteiger partial charge in [-0.15, -0.1) is 22.7 Å². The van der Waals surface area contributed by atoms with Crippen LogP contribution in [0.4, 0.5) is 77.7 Å². The van der Waals surface area contributed by atoms with Crippen molar-refractivity contribution in [2.75, 3.05) is 9.80 Å². The molecule has 4 aromatic carbocycles. The fourth-order valence-electron chi connectivity index (χ4n) is 5.49. The summed E-state index contributed by atoms with van der Waals surface area (Å²) in [5.41, 5.74) is -4.45. The van der Waals surface area contributed by atoms with Crippen LogP contribution >= 0.6 is 22.7 Å². The lowest BCUT2D eigenvalue weighted by Crippen LogP contribution is -2.34. The van der Waals surface area contributed by atoms with Gasteiger partial charge in [-0.2, -0.15) is 36.6 Å². The average Bonchev–Trinajstić information content (AvgIpc) is 3.84. The van der Waals surface area contributed by atoms with E-state index >= 15 is 8.78 Å². The summed E-state index contributed by atoms with van der Waals surface area (Å²) in [6, 6.07) is 15.3. The molecule has 62 heavy (non-hydrogen) atoms. The number of carbonyl (C=O) groups excluding carboxylic acids is 2. The quantitative estimate of drug-likeness (QED) is 0.111. The third-order valence-corrected chi connectivity index (χ3v) is 9.77. The number of halogens is 8. The van der Waals surface area contributed by atoms with Crippen molar-refractivity contribution in [2.24, 2.45) is 10.2 Å². The monoisotopic (exact) mass is 902 g/mol. The SMILES string of the molecule is CC(C)(C)OC(=O)N(c1cccc(C(F)(F)F)c1)c1nc(-c2cc(/N=N/c3ccc(F)c(-c4csc(N(C(=O)OC(C)(C)C)c5cccc(C(F)(F)F)c5)n4)c3)ccc2F)cs1. The summed E-state index contributed by atoms with van der Waals surface area (Å²) >= 11 is 1.69. The zero-order chi connectivity index (χ0) is 45.4. The second kappa shape index (κ2) is 17.2. The molecule has 0 aliphatic heterocycles. The molecule has 10 nitrogen and oxygen atoms in total. The first kappa shape index (κ1) is 45.3. The molecule has 324 valence electrons. The number of azo groups is 1. The Morgan fingerprint density at radius 3 is 1.27 bits per heavy atom. The number of anilines is 4. The van der Waals surface area contributed by atoms with Crippen LogP contribution in [-0.2, 0) is 21.8 Å². The molecular formula is C42H34F8N6O4S2. The van der Waals surface area contributed by atoms with Gasteiger partial charge in [0.1, 0.15) is 22.8 Å². The Morgan fingerprint density at radius 1 is 0.565 bits per heavy atom. The predicted molar refractivity (Wildman–Crippen MR) is 219 cm³/mol. The Balaban J connectivity index is 1.29. The molecule has 0 aliphatic rings. The van der Waals surface area contributed by atoms with Crippen LogP contribution in [0, 0.1) is 11.6 Å². The number of benzene rings is 4. The molecule has 0 bridgehead atoms. The van der Waals surface area contributed by atoms with Gasteiger partial charge in [-0.05, 0) is 114 Å². The largest absolute Gasteiger partial charge is 0.443 e. The molecule has 0 spiro atoms. The molecule has 20 heteroatoms. The normalized spacial score (nSPS) is 12.4. The molecule has 0 saturated heterocycles. The lowest BCUT2D eigenvalue weighted by atomic mass is 10.1. The van der Waals surface area contributed by atoms with Gasteiger partial charge in [0.15, 0.2) is 10.3 Å². The van der Waals surface area contributed by atoms with Crippen LogP contribution in [0.15, 0.2) is 106 Å². The molecule has 2 amide bonds. The van der Waals surface area contributed by atoms with Gasteiger partial charge in [0.2, 0.25) is 0 Å². The highest BCUT2D eigenvalue weighted by Gasteiger charge is 2.35. The van der Waals surface area contributed by atoms with E-state index in [2.05, 4.69) is 20.2 Å². The third kappa shape index (κ3) is 11.0. The number of thiazole rings is 2. The van der Waals surface area contributed by atoms with Crippen LogP contribution in [0.3, 0.4) is 0 Å². The highest BCUT2D eigenvalue weighted by atomic mass is 32.1. The molecule has 2 aromatic heterocycles. The number of rotatable bonds is 8. The molecule has 0 unspecified atom stereocenters. The van der Waals surface area contributed by atoms with Crippen LogP contribution in [0.2, 0.25) is 0 Å². The Hall–Kier alpha value is -6.28. The van der Waals surface area contributed by atoms with E-state index in [1.165, 1.54) is 47.2 Å². The molecule has 0 fully saturated rings. The Labute approximate surface area is 357 Å². The summed E-state index contributed by atoms with van der Waals surface area (Å²) < 4.78 is 123. The van der Waals surface area contributed by atoms with E-state index in [-0.39, 0.29) is 55.5 Å². The van der Waals surface area contributed by atoms with Crippen LogP contribution in [0.25, 0.3) is 22.5 Å². The minimum atomic E-state index is -4.72. The van der Waals surface area contributed by atoms with E-state index in [4.69, 9.17) is 9.47 Å². The first-order valence-electron chi connectivity index (χ1n) is 18.2. The van der Waals surface area contributed by atoms with E-state index in [0.717, 1.165) is 81.0 Å². The number of aromatic nitrogens is 2. The van der Waals surface area contributed by atoms with Crippen molar-refractivity contribution in [1.82, 2.24) is 9.97 Å². The van der Waals surface area contributed by atoms with Crippen molar-refractivity contribution in [3.05, 3.63) is 118 Å². The maximum atomic E-state index is 15.3. The minimum absolute atomic E-state index is 0.00838. The zero-order valence-electron chi connectivity index (χ0n) is 33.4. The predicted octanol–water partition coefficient (Wildman–Crippen LogP) is 14.8.